The van der Waals surface area contributed by atoms with Gasteiger partial charge in [0.1, 0.15) is 0 Å². The Morgan fingerprint density at radius 3 is 2.62 bits per heavy atom. The smallest absolute Gasteiger partial charge is 0.0850 e. The summed E-state index contributed by atoms with van der Waals surface area (Å²) < 4.78 is 3.42. The van der Waals surface area contributed by atoms with Gasteiger partial charge in [0.05, 0.1) is 18.5 Å². The van der Waals surface area contributed by atoms with Crippen LogP contribution in [0.25, 0.3) is 10.8 Å². The van der Waals surface area contributed by atoms with Crippen molar-refractivity contribution in [3.8, 4) is 0 Å². The average Bonchev–Trinajstić information content (AvgIpc) is 2.66. The van der Waals surface area contributed by atoms with Crippen LogP contribution < -0.4 is 15.5 Å². The zero-order valence-corrected chi connectivity index (χ0v) is 16.2. The van der Waals surface area contributed by atoms with E-state index in [1.165, 1.54) is 15.7 Å². The van der Waals surface area contributed by atoms with E-state index in [0.29, 0.717) is 5.02 Å². The van der Waals surface area contributed by atoms with E-state index in [4.69, 9.17) is 16.4 Å². The van der Waals surface area contributed by atoms with Gasteiger partial charge in [-0.15, -0.1) is 0 Å². The molecule has 4 nitrogen and oxygen atoms in total. The first-order chi connectivity index (χ1) is 12.8. The number of hydrogen-bond acceptors (Lipinski definition) is 5. The van der Waals surface area contributed by atoms with Gasteiger partial charge in [-0.05, 0) is 59.5 Å². The Morgan fingerprint density at radius 2 is 1.77 bits per heavy atom. The number of halogens is 1. The van der Waals surface area contributed by atoms with E-state index in [-0.39, 0.29) is 0 Å². The highest BCUT2D eigenvalue weighted by Crippen LogP contribution is 2.26. The van der Waals surface area contributed by atoms with E-state index in [0.717, 1.165) is 30.9 Å². The third-order valence-electron chi connectivity index (χ3n) is 3.88. The molecule has 6 heteroatoms. The highest BCUT2D eigenvalue weighted by Gasteiger charge is 2.03. The fourth-order valence-electron chi connectivity index (χ4n) is 2.61. The minimum Gasteiger partial charge on any atom is -0.383 e. The first kappa shape index (κ1) is 18.9. The molecule has 0 aliphatic carbocycles. The Bertz CT molecular complexity index is 859. The van der Waals surface area contributed by atoms with Crippen molar-refractivity contribution in [2.45, 2.75) is 11.3 Å². The topological polar surface area (TPSA) is 45.3 Å². The Balaban J connectivity index is 1.41. The number of hydrogen-bond donors (Lipinski definition) is 3. The number of rotatable bonds is 9. The van der Waals surface area contributed by atoms with E-state index in [1.807, 2.05) is 18.2 Å². The molecule has 0 atom stereocenters. The van der Waals surface area contributed by atoms with Crippen molar-refractivity contribution in [2.24, 2.45) is 0 Å². The second-order valence-corrected chi connectivity index (χ2v) is 7.18. The SMILES string of the molecule is CONc1cc(Cl)ccc1NCCCNSc1ccc2ccccc2c1. The molecular formula is C20H22ClN3OS. The number of fused-ring (bicyclic) bond motifs is 1. The van der Waals surface area contributed by atoms with Crippen LogP contribution in [-0.4, -0.2) is 20.2 Å². The van der Waals surface area contributed by atoms with Crippen molar-refractivity contribution in [2.75, 3.05) is 31.0 Å². The van der Waals surface area contributed by atoms with Crippen LogP contribution in [0.3, 0.4) is 0 Å². The second-order valence-electron chi connectivity index (χ2n) is 5.78. The number of nitrogens with one attached hydrogen (secondary N) is 3. The summed E-state index contributed by atoms with van der Waals surface area (Å²) in [5, 5.41) is 6.60. The van der Waals surface area contributed by atoms with Crippen LogP contribution in [0.5, 0.6) is 0 Å². The number of anilines is 2. The fourth-order valence-corrected chi connectivity index (χ4v) is 3.52. The Hall–Kier alpha value is -1.92. The van der Waals surface area contributed by atoms with E-state index < -0.39 is 0 Å². The lowest BCUT2D eigenvalue weighted by Crippen LogP contribution is -2.12. The molecule has 3 N–H and O–H groups in total. The monoisotopic (exact) mass is 387 g/mol. The molecule has 0 spiro atoms. The highest BCUT2D eigenvalue weighted by atomic mass is 35.5. The summed E-state index contributed by atoms with van der Waals surface area (Å²) in [7, 11) is 1.58. The van der Waals surface area contributed by atoms with E-state index in [9.17, 15) is 0 Å². The molecule has 0 bridgehead atoms. The van der Waals surface area contributed by atoms with Gasteiger partial charge in [-0.2, -0.15) is 0 Å². The summed E-state index contributed by atoms with van der Waals surface area (Å²) in [6.07, 6.45) is 0.996. The van der Waals surface area contributed by atoms with Crippen LogP contribution in [0.4, 0.5) is 11.4 Å². The molecule has 0 aromatic heterocycles. The quantitative estimate of drug-likeness (QED) is 0.254. The lowest BCUT2D eigenvalue weighted by Gasteiger charge is -2.13. The van der Waals surface area contributed by atoms with Crippen molar-refractivity contribution < 1.29 is 4.84 Å². The standard InChI is InChI=1S/C20H22ClN3OS/c1-25-24-20-14-17(21)8-10-19(20)22-11-4-12-23-26-18-9-7-15-5-2-3-6-16(15)13-18/h2-3,5-10,13-14,22-24H,4,11-12H2,1H3. The van der Waals surface area contributed by atoms with E-state index in [2.05, 4.69) is 58.0 Å². The van der Waals surface area contributed by atoms with Crippen LogP contribution in [0.1, 0.15) is 6.42 Å². The molecular weight excluding hydrogens is 366 g/mol. The van der Waals surface area contributed by atoms with Crippen molar-refractivity contribution in [1.82, 2.24) is 4.72 Å². The predicted molar refractivity (Wildman–Crippen MR) is 113 cm³/mol. The molecule has 3 aromatic rings. The van der Waals surface area contributed by atoms with Gasteiger partial charge in [0.25, 0.3) is 0 Å². The highest BCUT2D eigenvalue weighted by molar-refractivity contribution is 7.97. The van der Waals surface area contributed by atoms with Crippen molar-refractivity contribution in [3.05, 3.63) is 65.7 Å². The van der Waals surface area contributed by atoms with Crippen molar-refractivity contribution in [3.63, 3.8) is 0 Å². The fraction of sp³-hybridized carbons (Fsp3) is 0.200. The van der Waals surface area contributed by atoms with Gasteiger partial charge in [0.2, 0.25) is 0 Å². The third kappa shape index (κ3) is 5.29. The zero-order chi connectivity index (χ0) is 18.2. The molecule has 0 heterocycles. The van der Waals surface area contributed by atoms with Crippen LogP contribution >= 0.6 is 23.5 Å². The van der Waals surface area contributed by atoms with E-state index in [1.54, 1.807) is 19.1 Å². The molecule has 0 saturated carbocycles. The molecule has 26 heavy (non-hydrogen) atoms. The summed E-state index contributed by atoms with van der Waals surface area (Å²) in [6, 6.07) is 20.6. The van der Waals surface area contributed by atoms with Gasteiger partial charge >= 0.3 is 0 Å². The molecule has 3 aromatic carbocycles. The minimum atomic E-state index is 0.670. The molecule has 0 unspecified atom stereocenters. The van der Waals surface area contributed by atoms with Gasteiger partial charge in [0, 0.05) is 23.0 Å². The average molecular weight is 388 g/mol. The largest absolute Gasteiger partial charge is 0.383 e. The van der Waals surface area contributed by atoms with E-state index >= 15 is 0 Å². The Morgan fingerprint density at radius 1 is 0.923 bits per heavy atom. The lowest BCUT2D eigenvalue weighted by molar-refractivity contribution is 0.271. The third-order valence-corrected chi connectivity index (χ3v) is 4.95. The van der Waals surface area contributed by atoms with Crippen molar-refractivity contribution in [1.29, 1.82) is 0 Å². The maximum atomic E-state index is 6.01. The van der Waals surface area contributed by atoms with Crippen LogP contribution in [0.15, 0.2) is 65.6 Å². The van der Waals surface area contributed by atoms with Crippen molar-refractivity contribution >= 4 is 45.7 Å². The van der Waals surface area contributed by atoms with Gasteiger partial charge in [-0.3, -0.25) is 15.0 Å². The predicted octanol–water partition coefficient (Wildman–Crippen LogP) is 5.57. The maximum Gasteiger partial charge on any atom is 0.0850 e. The lowest BCUT2D eigenvalue weighted by atomic mass is 10.1. The van der Waals surface area contributed by atoms with Crippen LogP contribution in [-0.2, 0) is 4.84 Å². The zero-order valence-electron chi connectivity index (χ0n) is 14.6. The molecule has 3 rings (SSSR count). The summed E-state index contributed by atoms with van der Waals surface area (Å²) in [6.45, 7) is 1.76. The first-order valence-corrected chi connectivity index (χ1v) is 9.66. The normalized spacial score (nSPS) is 10.8. The summed E-state index contributed by atoms with van der Waals surface area (Å²) >= 11 is 7.68. The minimum absolute atomic E-state index is 0.670. The summed E-state index contributed by atoms with van der Waals surface area (Å²) in [4.78, 5) is 6.21. The Labute approximate surface area is 163 Å². The van der Waals surface area contributed by atoms with Gasteiger partial charge in [-0.1, -0.05) is 41.9 Å². The number of benzene rings is 3. The summed E-state index contributed by atoms with van der Waals surface area (Å²) in [5.74, 6) is 0. The first-order valence-electron chi connectivity index (χ1n) is 8.47. The summed E-state index contributed by atoms with van der Waals surface area (Å²) in [5.41, 5.74) is 4.64. The maximum absolute atomic E-state index is 6.01. The van der Waals surface area contributed by atoms with Crippen LogP contribution in [0, 0.1) is 0 Å². The molecule has 0 saturated heterocycles. The molecule has 136 valence electrons. The van der Waals surface area contributed by atoms with Crippen LogP contribution in [0.2, 0.25) is 5.02 Å². The Kier molecular flexibility index (Phi) is 7.03. The van der Waals surface area contributed by atoms with Gasteiger partial charge < -0.3 is 5.32 Å². The van der Waals surface area contributed by atoms with Gasteiger partial charge in [0.15, 0.2) is 0 Å². The molecule has 0 radical (unpaired) electrons. The molecule has 0 aliphatic heterocycles. The second kappa shape index (κ2) is 9.69. The molecule has 0 fully saturated rings. The molecule has 0 aliphatic rings. The van der Waals surface area contributed by atoms with Gasteiger partial charge in [-0.25, -0.2) is 0 Å². The molecule has 0 amide bonds.